The topological polar surface area (TPSA) is 31.4 Å². The van der Waals surface area contributed by atoms with Crippen molar-refractivity contribution in [3.63, 3.8) is 0 Å². The number of rotatable bonds is 6. The maximum atomic E-state index is 5.92. The number of para-hydroxylation sites is 2. The van der Waals surface area contributed by atoms with E-state index < -0.39 is 0 Å². The van der Waals surface area contributed by atoms with Crippen molar-refractivity contribution in [1.29, 1.82) is 0 Å². The van der Waals surface area contributed by atoms with Gasteiger partial charge in [0.1, 0.15) is 11.1 Å². The quantitative estimate of drug-likeness (QED) is 0.740. The predicted molar refractivity (Wildman–Crippen MR) is 78.3 cm³/mol. The Labute approximate surface area is 122 Å². The van der Waals surface area contributed by atoms with Crippen molar-refractivity contribution in [3.8, 4) is 11.5 Å². The van der Waals surface area contributed by atoms with Crippen LogP contribution in [0.4, 0.5) is 0 Å². The van der Waals surface area contributed by atoms with E-state index in [1.54, 1.807) is 11.3 Å². The fourth-order valence-corrected chi connectivity index (χ4v) is 2.66. The Kier molecular flexibility index (Phi) is 5.05. The highest BCUT2D eigenvalue weighted by Gasteiger charge is 2.14. The monoisotopic (exact) mass is 297 g/mol. The van der Waals surface area contributed by atoms with Gasteiger partial charge in [0.2, 0.25) is 0 Å². The van der Waals surface area contributed by atoms with E-state index in [1.165, 1.54) is 0 Å². The molecule has 1 atom stereocenters. The number of hydrogen-bond acceptors (Lipinski definition) is 4. The molecule has 0 aliphatic carbocycles. The Hall–Kier alpha value is -1.26. The molecule has 0 bridgehead atoms. The molecule has 1 aromatic heterocycles. The van der Waals surface area contributed by atoms with Gasteiger partial charge >= 0.3 is 0 Å². The van der Waals surface area contributed by atoms with Crippen molar-refractivity contribution in [2.45, 2.75) is 25.8 Å². The van der Waals surface area contributed by atoms with E-state index in [0.717, 1.165) is 22.2 Å². The molecule has 0 aliphatic rings. The normalized spacial score (nSPS) is 12.2. The third-order valence-corrected chi connectivity index (χ3v) is 3.84. The summed E-state index contributed by atoms with van der Waals surface area (Å²) < 4.78 is 11.5. The summed E-state index contributed by atoms with van der Waals surface area (Å²) >= 11 is 7.31. The van der Waals surface area contributed by atoms with Crippen LogP contribution in [0.15, 0.2) is 29.6 Å². The molecule has 0 N–H and O–H groups in total. The zero-order chi connectivity index (χ0) is 13.7. The lowest BCUT2D eigenvalue weighted by Gasteiger charge is -2.15. The molecule has 5 heteroatoms. The summed E-state index contributed by atoms with van der Waals surface area (Å²) in [6, 6.07) is 7.66. The van der Waals surface area contributed by atoms with Gasteiger partial charge in [-0.2, -0.15) is 0 Å². The Morgan fingerprint density at radius 2 is 2.05 bits per heavy atom. The van der Waals surface area contributed by atoms with Gasteiger partial charge in [-0.3, -0.25) is 0 Å². The summed E-state index contributed by atoms with van der Waals surface area (Å²) in [5, 5.41) is 2.87. The second kappa shape index (κ2) is 6.78. The highest BCUT2D eigenvalue weighted by atomic mass is 35.5. The molecule has 0 fully saturated rings. The number of aromatic nitrogens is 1. The van der Waals surface area contributed by atoms with Gasteiger partial charge in [-0.05, 0) is 26.0 Å². The third-order valence-electron chi connectivity index (χ3n) is 2.51. The number of thiazole rings is 1. The van der Waals surface area contributed by atoms with Crippen LogP contribution >= 0.6 is 22.9 Å². The van der Waals surface area contributed by atoms with E-state index in [-0.39, 0.29) is 6.10 Å². The van der Waals surface area contributed by atoms with E-state index >= 15 is 0 Å². The first kappa shape index (κ1) is 14.2. The van der Waals surface area contributed by atoms with Gasteiger partial charge in [-0.25, -0.2) is 4.98 Å². The van der Waals surface area contributed by atoms with Crippen LogP contribution in [-0.4, -0.2) is 11.6 Å². The molecule has 102 valence electrons. The minimum absolute atomic E-state index is 0.122. The molecular weight excluding hydrogens is 282 g/mol. The molecule has 2 aromatic rings. The minimum Gasteiger partial charge on any atom is -0.490 e. The SMILES string of the molecule is CCOc1ccccc1OC(C)c1nc(CCl)cs1. The van der Waals surface area contributed by atoms with Crippen LogP contribution in [0.5, 0.6) is 11.5 Å². The standard InChI is InChI=1S/C14H16ClNO2S/c1-3-17-12-6-4-5-7-13(12)18-10(2)14-16-11(8-15)9-19-14/h4-7,9-10H,3,8H2,1-2H3. The largest absolute Gasteiger partial charge is 0.490 e. The Morgan fingerprint density at radius 3 is 2.68 bits per heavy atom. The van der Waals surface area contributed by atoms with Gasteiger partial charge in [0.25, 0.3) is 0 Å². The van der Waals surface area contributed by atoms with Crippen LogP contribution in [0.25, 0.3) is 0 Å². The number of nitrogens with zero attached hydrogens (tertiary/aromatic N) is 1. The summed E-state index contributed by atoms with van der Waals surface area (Å²) in [4.78, 5) is 4.42. The van der Waals surface area contributed by atoms with E-state index in [2.05, 4.69) is 4.98 Å². The van der Waals surface area contributed by atoms with Gasteiger partial charge in [-0.1, -0.05) is 12.1 Å². The van der Waals surface area contributed by atoms with E-state index in [9.17, 15) is 0 Å². The van der Waals surface area contributed by atoms with E-state index in [4.69, 9.17) is 21.1 Å². The number of hydrogen-bond donors (Lipinski definition) is 0. The molecule has 1 unspecified atom stereocenters. The average molecular weight is 298 g/mol. The molecule has 0 aliphatic heterocycles. The first-order valence-corrected chi connectivity index (χ1v) is 7.54. The predicted octanol–water partition coefficient (Wildman–Crippen LogP) is 4.42. The summed E-state index contributed by atoms with van der Waals surface area (Å²) in [6.07, 6.45) is -0.122. The molecule has 0 saturated carbocycles. The van der Waals surface area contributed by atoms with Crippen LogP contribution in [-0.2, 0) is 5.88 Å². The molecule has 0 amide bonds. The van der Waals surface area contributed by atoms with Crippen molar-refractivity contribution in [2.75, 3.05) is 6.61 Å². The van der Waals surface area contributed by atoms with Gasteiger partial charge < -0.3 is 9.47 Å². The molecule has 0 radical (unpaired) electrons. The molecular formula is C14H16ClNO2S. The van der Waals surface area contributed by atoms with Crippen LogP contribution < -0.4 is 9.47 Å². The van der Waals surface area contributed by atoms with Crippen molar-refractivity contribution < 1.29 is 9.47 Å². The van der Waals surface area contributed by atoms with Crippen molar-refractivity contribution in [3.05, 3.63) is 40.3 Å². The number of benzene rings is 1. The van der Waals surface area contributed by atoms with Gasteiger partial charge in [0, 0.05) is 5.38 Å². The Balaban J connectivity index is 2.11. The molecule has 1 aromatic carbocycles. The zero-order valence-corrected chi connectivity index (χ0v) is 12.5. The number of alkyl halides is 1. The van der Waals surface area contributed by atoms with E-state index in [0.29, 0.717) is 12.5 Å². The van der Waals surface area contributed by atoms with Gasteiger partial charge in [0.05, 0.1) is 18.2 Å². The van der Waals surface area contributed by atoms with Crippen molar-refractivity contribution in [1.82, 2.24) is 4.98 Å². The molecule has 1 heterocycles. The first-order valence-electron chi connectivity index (χ1n) is 6.13. The lowest BCUT2D eigenvalue weighted by atomic mass is 10.3. The number of halogens is 1. The average Bonchev–Trinajstić information content (AvgIpc) is 2.90. The van der Waals surface area contributed by atoms with Gasteiger partial charge in [0.15, 0.2) is 11.5 Å². The lowest BCUT2D eigenvalue weighted by Crippen LogP contribution is -2.04. The maximum absolute atomic E-state index is 5.92. The molecule has 2 rings (SSSR count). The fourth-order valence-electron chi connectivity index (χ4n) is 1.63. The van der Waals surface area contributed by atoms with E-state index in [1.807, 2.05) is 43.5 Å². The van der Waals surface area contributed by atoms with Crippen molar-refractivity contribution in [2.24, 2.45) is 0 Å². The lowest BCUT2D eigenvalue weighted by molar-refractivity contribution is 0.210. The summed E-state index contributed by atoms with van der Waals surface area (Å²) in [6.45, 7) is 4.54. The van der Waals surface area contributed by atoms with Gasteiger partial charge in [-0.15, -0.1) is 22.9 Å². The minimum atomic E-state index is -0.122. The summed E-state index contributed by atoms with van der Waals surface area (Å²) in [7, 11) is 0. The highest BCUT2D eigenvalue weighted by molar-refractivity contribution is 7.09. The highest BCUT2D eigenvalue weighted by Crippen LogP contribution is 2.31. The fraction of sp³-hybridized carbons (Fsp3) is 0.357. The Bertz CT molecular complexity index is 530. The Morgan fingerprint density at radius 1 is 1.32 bits per heavy atom. The summed E-state index contributed by atoms with van der Waals surface area (Å²) in [5.41, 5.74) is 0.884. The molecule has 19 heavy (non-hydrogen) atoms. The smallest absolute Gasteiger partial charge is 0.162 e. The van der Waals surface area contributed by atoms with Crippen LogP contribution in [0, 0.1) is 0 Å². The van der Waals surface area contributed by atoms with Crippen LogP contribution in [0.2, 0.25) is 0 Å². The summed E-state index contributed by atoms with van der Waals surface area (Å²) in [5.74, 6) is 1.92. The van der Waals surface area contributed by atoms with Crippen LogP contribution in [0.3, 0.4) is 0 Å². The molecule has 0 spiro atoms. The molecule has 3 nitrogen and oxygen atoms in total. The first-order chi connectivity index (χ1) is 9.24. The second-order valence-electron chi connectivity index (χ2n) is 3.95. The number of ether oxygens (including phenoxy) is 2. The van der Waals surface area contributed by atoms with Crippen molar-refractivity contribution >= 4 is 22.9 Å². The third kappa shape index (κ3) is 3.61. The zero-order valence-electron chi connectivity index (χ0n) is 10.9. The molecule has 0 saturated heterocycles. The maximum Gasteiger partial charge on any atom is 0.162 e. The van der Waals surface area contributed by atoms with Crippen LogP contribution in [0.1, 0.15) is 30.7 Å². The second-order valence-corrected chi connectivity index (χ2v) is 5.11.